The molecule has 2 amide bonds. The second kappa shape index (κ2) is 8.41. The molecule has 2 rings (SSSR count). The van der Waals surface area contributed by atoms with Crippen molar-refractivity contribution >= 4 is 11.8 Å². The van der Waals surface area contributed by atoms with E-state index in [-0.39, 0.29) is 17.7 Å². The van der Waals surface area contributed by atoms with Crippen molar-refractivity contribution in [3.63, 3.8) is 0 Å². The van der Waals surface area contributed by atoms with Crippen molar-refractivity contribution in [2.45, 2.75) is 26.7 Å². The molecule has 6 heteroatoms. The van der Waals surface area contributed by atoms with Gasteiger partial charge in [0.15, 0.2) is 11.5 Å². The summed E-state index contributed by atoms with van der Waals surface area (Å²) >= 11 is 0. The maximum Gasteiger partial charge on any atom is 0.251 e. The van der Waals surface area contributed by atoms with Crippen LogP contribution in [-0.2, 0) is 4.79 Å². The zero-order valence-corrected chi connectivity index (χ0v) is 13.7. The van der Waals surface area contributed by atoms with Crippen LogP contribution in [0, 0.1) is 5.92 Å². The van der Waals surface area contributed by atoms with Crippen LogP contribution in [0.3, 0.4) is 0 Å². The molecular weight excluding hydrogens is 296 g/mol. The number of carbonyl (C=O) groups excluding carboxylic acids is 2. The number of benzene rings is 1. The third kappa shape index (κ3) is 5.16. The highest BCUT2D eigenvalue weighted by atomic mass is 16.5. The quantitative estimate of drug-likeness (QED) is 0.680. The molecule has 0 bridgehead atoms. The summed E-state index contributed by atoms with van der Waals surface area (Å²) in [6, 6.07) is 5.11. The lowest BCUT2D eigenvalue weighted by Gasteiger charge is -2.12. The number of nitrogens with one attached hydrogen (secondary N) is 2. The number of rotatable bonds is 9. The fourth-order valence-electron chi connectivity index (χ4n) is 2.15. The maximum absolute atomic E-state index is 12.1. The standard InChI is InChI=1S/C17H24N2O4/c1-3-22-14-8-7-13(11-15(14)23-4-2)17(21)19-10-9-18-16(20)12-5-6-12/h7-8,11-12H,3-6,9-10H2,1-2H3,(H,18,20)(H,19,21). The zero-order valence-electron chi connectivity index (χ0n) is 13.7. The Bertz CT molecular complexity index is 556. The third-order valence-electron chi connectivity index (χ3n) is 3.46. The topological polar surface area (TPSA) is 76.7 Å². The minimum absolute atomic E-state index is 0.0824. The summed E-state index contributed by atoms with van der Waals surface area (Å²) in [6.07, 6.45) is 1.95. The summed E-state index contributed by atoms with van der Waals surface area (Å²) in [5.74, 6) is 1.26. The molecular formula is C17H24N2O4. The molecule has 23 heavy (non-hydrogen) atoms. The van der Waals surface area contributed by atoms with E-state index in [9.17, 15) is 9.59 Å². The van der Waals surface area contributed by atoms with Gasteiger partial charge in [0.1, 0.15) is 0 Å². The lowest BCUT2D eigenvalue weighted by Crippen LogP contribution is -2.35. The first-order valence-corrected chi connectivity index (χ1v) is 8.11. The smallest absolute Gasteiger partial charge is 0.251 e. The van der Waals surface area contributed by atoms with E-state index in [1.54, 1.807) is 18.2 Å². The molecule has 1 aromatic rings. The zero-order chi connectivity index (χ0) is 16.7. The summed E-state index contributed by atoms with van der Waals surface area (Å²) in [4.78, 5) is 23.6. The van der Waals surface area contributed by atoms with Crippen LogP contribution in [0.4, 0.5) is 0 Å². The first kappa shape index (κ1) is 17.1. The monoisotopic (exact) mass is 320 g/mol. The van der Waals surface area contributed by atoms with E-state index < -0.39 is 0 Å². The molecule has 1 aliphatic carbocycles. The number of carbonyl (C=O) groups is 2. The van der Waals surface area contributed by atoms with Crippen molar-refractivity contribution in [1.82, 2.24) is 10.6 Å². The fourth-order valence-corrected chi connectivity index (χ4v) is 2.15. The highest BCUT2D eigenvalue weighted by Gasteiger charge is 2.28. The Morgan fingerprint density at radius 2 is 1.70 bits per heavy atom. The van der Waals surface area contributed by atoms with Gasteiger partial charge in [0.05, 0.1) is 13.2 Å². The van der Waals surface area contributed by atoms with Crippen LogP contribution >= 0.6 is 0 Å². The van der Waals surface area contributed by atoms with E-state index in [1.807, 2.05) is 13.8 Å². The lowest BCUT2D eigenvalue weighted by atomic mass is 10.2. The van der Waals surface area contributed by atoms with Crippen LogP contribution < -0.4 is 20.1 Å². The summed E-state index contributed by atoms with van der Waals surface area (Å²) in [6.45, 7) is 5.65. The van der Waals surface area contributed by atoms with Crippen LogP contribution in [0.15, 0.2) is 18.2 Å². The molecule has 6 nitrogen and oxygen atoms in total. The largest absolute Gasteiger partial charge is 0.490 e. The average Bonchev–Trinajstić information content (AvgIpc) is 3.38. The number of hydrogen-bond acceptors (Lipinski definition) is 4. The SMILES string of the molecule is CCOc1ccc(C(=O)NCCNC(=O)C2CC2)cc1OCC. The van der Waals surface area contributed by atoms with Crippen molar-refractivity contribution in [2.24, 2.45) is 5.92 Å². The van der Waals surface area contributed by atoms with Crippen LogP contribution in [-0.4, -0.2) is 38.1 Å². The normalized spacial score (nSPS) is 13.3. The van der Waals surface area contributed by atoms with E-state index in [0.29, 0.717) is 43.4 Å². The molecule has 0 unspecified atom stereocenters. The molecule has 1 aromatic carbocycles. The second-order valence-electron chi connectivity index (χ2n) is 5.35. The molecule has 1 saturated carbocycles. The third-order valence-corrected chi connectivity index (χ3v) is 3.46. The summed E-state index contributed by atoms with van der Waals surface area (Å²) in [7, 11) is 0. The molecule has 0 atom stereocenters. The molecule has 0 heterocycles. The fraction of sp³-hybridized carbons (Fsp3) is 0.529. The Balaban J connectivity index is 1.85. The molecule has 0 spiro atoms. The molecule has 0 aromatic heterocycles. The molecule has 126 valence electrons. The van der Waals surface area contributed by atoms with Crippen molar-refractivity contribution in [2.75, 3.05) is 26.3 Å². The van der Waals surface area contributed by atoms with Gasteiger partial charge in [0, 0.05) is 24.6 Å². The van der Waals surface area contributed by atoms with Gasteiger partial charge in [-0.2, -0.15) is 0 Å². The Morgan fingerprint density at radius 3 is 2.35 bits per heavy atom. The van der Waals surface area contributed by atoms with E-state index >= 15 is 0 Å². The van der Waals surface area contributed by atoms with Crippen molar-refractivity contribution < 1.29 is 19.1 Å². The van der Waals surface area contributed by atoms with Crippen LogP contribution in [0.25, 0.3) is 0 Å². The predicted molar refractivity (Wildman–Crippen MR) is 86.8 cm³/mol. The molecule has 0 saturated heterocycles. The van der Waals surface area contributed by atoms with Gasteiger partial charge in [-0.05, 0) is 44.9 Å². The van der Waals surface area contributed by atoms with E-state index in [2.05, 4.69) is 10.6 Å². The highest BCUT2D eigenvalue weighted by molar-refractivity contribution is 5.94. The molecule has 1 fully saturated rings. The number of amides is 2. The Kier molecular flexibility index (Phi) is 6.26. The van der Waals surface area contributed by atoms with Gasteiger partial charge >= 0.3 is 0 Å². The van der Waals surface area contributed by atoms with Crippen molar-refractivity contribution in [3.05, 3.63) is 23.8 Å². The first-order valence-electron chi connectivity index (χ1n) is 8.11. The Morgan fingerprint density at radius 1 is 1.04 bits per heavy atom. The van der Waals surface area contributed by atoms with E-state index in [0.717, 1.165) is 12.8 Å². The van der Waals surface area contributed by atoms with Gasteiger partial charge in [0.2, 0.25) is 5.91 Å². The van der Waals surface area contributed by atoms with Gasteiger partial charge in [-0.25, -0.2) is 0 Å². The van der Waals surface area contributed by atoms with Crippen LogP contribution in [0.1, 0.15) is 37.0 Å². The van der Waals surface area contributed by atoms with Crippen LogP contribution in [0.5, 0.6) is 11.5 Å². The molecule has 0 radical (unpaired) electrons. The van der Waals surface area contributed by atoms with Crippen LogP contribution in [0.2, 0.25) is 0 Å². The second-order valence-corrected chi connectivity index (χ2v) is 5.35. The van der Waals surface area contributed by atoms with Crippen molar-refractivity contribution in [1.29, 1.82) is 0 Å². The molecule has 2 N–H and O–H groups in total. The Hall–Kier alpha value is -2.24. The number of ether oxygens (including phenoxy) is 2. The summed E-state index contributed by atoms with van der Waals surface area (Å²) in [5.41, 5.74) is 0.505. The van der Waals surface area contributed by atoms with Gasteiger partial charge in [-0.3, -0.25) is 9.59 Å². The lowest BCUT2D eigenvalue weighted by molar-refractivity contribution is -0.122. The van der Waals surface area contributed by atoms with Gasteiger partial charge in [0.25, 0.3) is 5.91 Å². The molecule has 1 aliphatic rings. The van der Waals surface area contributed by atoms with Crippen molar-refractivity contribution in [3.8, 4) is 11.5 Å². The van der Waals surface area contributed by atoms with Gasteiger partial charge < -0.3 is 20.1 Å². The molecule has 0 aliphatic heterocycles. The average molecular weight is 320 g/mol. The first-order chi connectivity index (χ1) is 11.2. The van der Waals surface area contributed by atoms with E-state index in [4.69, 9.17) is 9.47 Å². The highest BCUT2D eigenvalue weighted by Crippen LogP contribution is 2.29. The minimum atomic E-state index is -0.199. The predicted octanol–water partition coefficient (Wildman–Crippen LogP) is 1.74. The minimum Gasteiger partial charge on any atom is -0.490 e. The maximum atomic E-state index is 12.1. The Labute approximate surface area is 136 Å². The number of hydrogen-bond donors (Lipinski definition) is 2. The summed E-state index contributed by atoms with van der Waals surface area (Å²) in [5, 5.41) is 5.60. The van der Waals surface area contributed by atoms with Gasteiger partial charge in [-0.15, -0.1) is 0 Å². The van der Waals surface area contributed by atoms with Gasteiger partial charge in [-0.1, -0.05) is 0 Å². The van der Waals surface area contributed by atoms with E-state index in [1.165, 1.54) is 0 Å². The summed E-state index contributed by atoms with van der Waals surface area (Å²) < 4.78 is 11.0.